The van der Waals surface area contributed by atoms with Crippen LogP contribution in [0.4, 0.5) is 15.8 Å². The van der Waals surface area contributed by atoms with Crippen molar-refractivity contribution in [2.45, 2.75) is 6.92 Å². The molecule has 2 rings (SSSR count). The predicted molar refractivity (Wildman–Crippen MR) is 84.8 cm³/mol. The molecular formula is C16H11ClFN3O2. The average Bonchev–Trinajstić information content (AvgIpc) is 2.50. The molecule has 0 heterocycles. The lowest BCUT2D eigenvalue weighted by Gasteiger charge is -2.09. The molecule has 0 aliphatic carbocycles. The van der Waals surface area contributed by atoms with Gasteiger partial charge in [0.1, 0.15) is 11.9 Å². The van der Waals surface area contributed by atoms with Gasteiger partial charge in [-0.25, -0.2) is 4.39 Å². The minimum absolute atomic E-state index is 0.140. The Kier molecular flexibility index (Phi) is 4.94. The summed E-state index contributed by atoms with van der Waals surface area (Å²) in [7, 11) is 0. The Balaban J connectivity index is 2.27. The molecule has 5 nitrogen and oxygen atoms in total. The molecule has 0 aliphatic rings. The third kappa shape index (κ3) is 4.05. The van der Waals surface area contributed by atoms with Gasteiger partial charge in [-0.05, 0) is 36.4 Å². The predicted octanol–water partition coefficient (Wildman–Crippen LogP) is 3.56. The zero-order valence-corrected chi connectivity index (χ0v) is 12.7. The van der Waals surface area contributed by atoms with E-state index in [0.717, 1.165) is 6.07 Å². The number of hydrogen-bond acceptors (Lipinski definition) is 3. The van der Waals surface area contributed by atoms with Crippen molar-refractivity contribution in [1.82, 2.24) is 0 Å². The summed E-state index contributed by atoms with van der Waals surface area (Å²) < 4.78 is 13.3. The van der Waals surface area contributed by atoms with E-state index in [1.165, 1.54) is 31.2 Å². The number of rotatable bonds is 3. The Morgan fingerprint density at radius 1 is 1.13 bits per heavy atom. The van der Waals surface area contributed by atoms with Crippen molar-refractivity contribution >= 4 is 34.8 Å². The Hall–Kier alpha value is -2.91. The van der Waals surface area contributed by atoms with Crippen LogP contribution in [0, 0.1) is 17.1 Å². The maximum absolute atomic E-state index is 13.3. The molecular weight excluding hydrogens is 321 g/mol. The van der Waals surface area contributed by atoms with Crippen molar-refractivity contribution in [1.29, 1.82) is 5.26 Å². The van der Waals surface area contributed by atoms with E-state index in [-0.39, 0.29) is 27.7 Å². The van der Waals surface area contributed by atoms with E-state index in [9.17, 15) is 14.0 Å². The topological polar surface area (TPSA) is 82.0 Å². The third-order valence-corrected chi connectivity index (χ3v) is 3.21. The quantitative estimate of drug-likeness (QED) is 0.902. The third-order valence-electron chi connectivity index (χ3n) is 2.88. The molecule has 0 saturated carbocycles. The second kappa shape index (κ2) is 6.90. The number of nitriles is 1. The first-order valence-corrected chi connectivity index (χ1v) is 6.86. The smallest absolute Gasteiger partial charge is 0.257 e. The molecule has 0 atom stereocenters. The SMILES string of the molecule is CC(=O)Nc1ccc(Cl)c(C(=O)Nc2ccc(F)c(C#N)c2)c1. The molecule has 116 valence electrons. The van der Waals surface area contributed by atoms with Crippen LogP contribution in [0.25, 0.3) is 0 Å². The molecule has 2 aromatic rings. The second-order valence-electron chi connectivity index (χ2n) is 4.64. The van der Waals surface area contributed by atoms with Crippen molar-refractivity contribution in [3.63, 3.8) is 0 Å². The van der Waals surface area contributed by atoms with Gasteiger partial charge in [0.15, 0.2) is 0 Å². The van der Waals surface area contributed by atoms with E-state index < -0.39 is 11.7 Å². The summed E-state index contributed by atoms with van der Waals surface area (Å²) in [5.41, 5.74) is 0.638. The maximum Gasteiger partial charge on any atom is 0.257 e. The summed E-state index contributed by atoms with van der Waals surface area (Å²) in [6, 6.07) is 9.80. The molecule has 0 aliphatic heterocycles. The summed E-state index contributed by atoms with van der Waals surface area (Å²) in [5.74, 6) is -1.50. The van der Waals surface area contributed by atoms with Crippen LogP contribution in [-0.4, -0.2) is 11.8 Å². The molecule has 23 heavy (non-hydrogen) atoms. The summed E-state index contributed by atoms with van der Waals surface area (Å²) >= 11 is 5.99. The molecule has 0 aromatic heterocycles. The van der Waals surface area contributed by atoms with Crippen molar-refractivity contribution in [2.24, 2.45) is 0 Å². The number of carbonyl (C=O) groups excluding carboxylic acids is 2. The molecule has 7 heteroatoms. The molecule has 0 bridgehead atoms. The normalized spacial score (nSPS) is 9.83. The monoisotopic (exact) mass is 331 g/mol. The standard InChI is InChI=1S/C16H11ClFN3O2/c1-9(22)20-12-2-4-14(17)13(7-12)16(23)21-11-3-5-15(18)10(6-11)8-19/h2-7H,1H3,(H,20,22)(H,21,23). The highest BCUT2D eigenvalue weighted by atomic mass is 35.5. The lowest BCUT2D eigenvalue weighted by molar-refractivity contribution is -0.114. The molecule has 0 radical (unpaired) electrons. The van der Waals surface area contributed by atoms with Crippen molar-refractivity contribution in [3.8, 4) is 6.07 Å². The number of hydrogen-bond donors (Lipinski definition) is 2. The number of nitrogens with one attached hydrogen (secondary N) is 2. The zero-order valence-electron chi connectivity index (χ0n) is 12.0. The lowest BCUT2D eigenvalue weighted by atomic mass is 10.1. The molecule has 2 amide bonds. The van der Waals surface area contributed by atoms with Gasteiger partial charge >= 0.3 is 0 Å². The summed E-state index contributed by atoms with van der Waals surface area (Å²) in [6.45, 7) is 1.34. The van der Waals surface area contributed by atoms with Gasteiger partial charge in [0.2, 0.25) is 5.91 Å². The van der Waals surface area contributed by atoms with Gasteiger partial charge in [-0.1, -0.05) is 11.6 Å². The van der Waals surface area contributed by atoms with Crippen LogP contribution in [0.5, 0.6) is 0 Å². The fourth-order valence-electron chi connectivity index (χ4n) is 1.87. The van der Waals surface area contributed by atoms with Gasteiger partial charge < -0.3 is 10.6 Å². The molecule has 2 aromatic carbocycles. The molecule has 0 fully saturated rings. The fraction of sp³-hybridized carbons (Fsp3) is 0.0625. The van der Waals surface area contributed by atoms with E-state index in [1.54, 1.807) is 12.1 Å². The zero-order chi connectivity index (χ0) is 17.0. The minimum Gasteiger partial charge on any atom is -0.326 e. The van der Waals surface area contributed by atoms with Crippen molar-refractivity contribution in [3.05, 3.63) is 58.4 Å². The van der Waals surface area contributed by atoms with Gasteiger partial charge in [0, 0.05) is 18.3 Å². The minimum atomic E-state index is -0.670. The van der Waals surface area contributed by atoms with Gasteiger partial charge in [-0.3, -0.25) is 9.59 Å². The summed E-state index contributed by atoms with van der Waals surface area (Å²) in [5, 5.41) is 14.1. The van der Waals surface area contributed by atoms with Crippen LogP contribution in [0.15, 0.2) is 36.4 Å². The number of benzene rings is 2. The Morgan fingerprint density at radius 2 is 1.78 bits per heavy atom. The first-order chi connectivity index (χ1) is 10.9. The highest BCUT2D eigenvalue weighted by Crippen LogP contribution is 2.22. The van der Waals surface area contributed by atoms with E-state index in [0.29, 0.717) is 5.69 Å². The Bertz CT molecular complexity index is 831. The van der Waals surface area contributed by atoms with Crippen LogP contribution < -0.4 is 10.6 Å². The number of amides is 2. The van der Waals surface area contributed by atoms with Crippen LogP contribution in [0.2, 0.25) is 5.02 Å². The average molecular weight is 332 g/mol. The lowest BCUT2D eigenvalue weighted by Crippen LogP contribution is -2.14. The number of nitrogens with zero attached hydrogens (tertiary/aromatic N) is 1. The van der Waals surface area contributed by atoms with Crippen molar-refractivity contribution in [2.75, 3.05) is 10.6 Å². The second-order valence-corrected chi connectivity index (χ2v) is 5.04. The van der Waals surface area contributed by atoms with Gasteiger partial charge in [-0.15, -0.1) is 0 Å². The number of carbonyl (C=O) groups is 2. The van der Waals surface area contributed by atoms with Gasteiger partial charge in [0.05, 0.1) is 16.1 Å². The van der Waals surface area contributed by atoms with Crippen LogP contribution >= 0.6 is 11.6 Å². The van der Waals surface area contributed by atoms with E-state index in [2.05, 4.69) is 10.6 Å². The summed E-state index contributed by atoms with van der Waals surface area (Å²) in [4.78, 5) is 23.3. The van der Waals surface area contributed by atoms with Crippen LogP contribution in [0.3, 0.4) is 0 Å². The van der Waals surface area contributed by atoms with Crippen LogP contribution in [0.1, 0.15) is 22.8 Å². The Morgan fingerprint density at radius 3 is 2.43 bits per heavy atom. The largest absolute Gasteiger partial charge is 0.326 e. The first-order valence-electron chi connectivity index (χ1n) is 6.49. The number of anilines is 2. The van der Waals surface area contributed by atoms with E-state index >= 15 is 0 Å². The Labute approximate surface area is 136 Å². The molecule has 0 saturated heterocycles. The molecule has 2 N–H and O–H groups in total. The maximum atomic E-state index is 13.3. The van der Waals surface area contributed by atoms with Crippen LogP contribution in [-0.2, 0) is 4.79 Å². The first kappa shape index (κ1) is 16.5. The number of halogens is 2. The fourth-order valence-corrected chi connectivity index (χ4v) is 2.07. The summed E-state index contributed by atoms with van der Waals surface area (Å²) in [6.07, 6.45) is 0. The highest BCUT2D eigenvalue weighted by molar-refractivity contribution is 6.34. The van der Waals surface area contributed by atoms with Gasteiger partial charge in [0.25, 0.3) is 5.91 Å². The molecule has 0 unspecified atom stereocenters. The molecule has 0 spiro atoms. The van der Waals surface area contributed by atoms with Crippen molar-refractivity contribution < 1.29 is 14.0 Å². The highest BCUT2D eigenvalue weighted by Gasteiger charge is 2.13. The van der Waals surface area contributed by atoms with E-state index in [4.69, 9.17) is 16.9 Å². The van der Waals surface area contributed by atoms with E-state index in [1.807, 2.05) is 0 Å². The van der Waals surface area contributed by atoms with Gasteiger partial charge in [-0.2, -0.15) is 5.26 Å².